The Morgan fingerprint density at radius 2 is 2.12 bits per heavy atom. The third-order valence-corrected chi connectivity index (χ3v) is 3.37. The number of rotatable bonds is 2. The number of anilines is 1. The van der Waals surface area contributed by atoms with E-state index in [9.17, 15) is 4.39 Å². The molecule has 1 fully saturated rings. The van der Waals surface area contributed by atoms with Crippen molar-refractivity contribution >= 4 is 5.69 Å². The molecule has 16 heavy (non-hydrogen) atoms. The molecule has 0 aromatic heterocycles. The maximum absolute atomic E-state index is 13.2. The van der Waals surface area contributed by atoms with Gasteiger partial charge in [-0.25, -0.2) is 4.39 Å². The topological polar surface area (TPSA) is 3.24 Å². The molecule has 1 aliphatic heterocycles. The molecule has 1 unspecified atom stereocenters. The van der Waals surface area contributed by atoms with Gasteiger partial charge in [0.05, 0.1) is 0 Å². The maximum atomic E-state index is 13.2. The van der Waals surface area contributed by atoms with Crippen LogP contribution in [0.3, 0.4) is 0 Å². The molecule has 1 atom stereocenters. The summed E-state index contributed by atoms with van der Waals surface area (Å²) in [5, 5.41) is 0. The molecule has 0 saturated carbocycles. The van der Waals surface area contributed by atoms with Gasteiger partial charge in [0.1, 0.15) is 6.17 Å². The molecule has 0 aliphatic carbocycles. The lowest BCUT2D eigenvalue weighted by atomic mass is 10.0. The van der Waals surface area contributed by atoms with Crippen molar-refractivity contribution in [3.05, 3.63) is 29.3 Å². The molecule has 0 bridgehead atoms. The SMILES string of the molecule is Cc1ccc(C(C)C)cc1N1CCC(F)C1. The highest BCUT2D eigenvalue weighted by atomic mass is 19.1. The minimum atomic E-state index is -0.651. The molecule has 1 saturated heterocycles. The second kappa shape index (κ2) is 4.44. The summed E-state index contributed by atoms with van der Waals surface area (Å²) in [7, 11) is 0. The molecule has 1 aliphatic rings. The minimum Gasteiger partial charge on any atom is -0.368 e. The number of hydrogen-bond acceptors (Lipinski definition) is 1. The van der Waals surface area contributed by atoms with Gasteiger partial charge >= 0.3 is 0 Å². The van der Waals surface area contributed by atoms with E-state index in [-0.39, 0.29) is 0 Å². The van der Waals surface area contributed by atoms with Crippen LogP contribution in [0.5, 0.6) is 0 Å². The van der Waals surface area contributed by atoms with Gasteiger partial charge in [-0.2, -0.15) is 0 Å². The van der Waals surface area contributed by atoms with Gasteiger partial charge in [-0.15, -0.1) is 0 Å². The highest BCUT2D eigenvalue weighted by Crippen LogP contribution is 2.28. The average Bonchev–Trinajstić information content (AvgIpc) is 2.65. The summed E-state index contributed by atoms with van der Waals surface area (Å²) in [4.78, 5) is 2.17. The van der Waals surface area contributed by atoms with E-state index in [1.165, 1.54) is 16.8 Å². The lowest BCUT2D eigenvalue weighted by Crippen LogP contribution is -2.21. The summed E-state index contributed by atoms with van der Waals surface area (Å²) in [5.41, 5.74) is 3.80. The molecule has 0 spiro atoms. The van der Waals surface area contributed by atoms with E-state index < -0.39 is 6.17 Å². The van der Waals surface area contributed by atoms with Crippen molar-refractivity contribution < 1.29 is 4.39 Å². The summed E-state index contributed by atoms with van der Waals surface area (Å²) in [6.45, 7) is 7.89. The van der Waals surface area contributed by atoms with E-state index in [1.807, 2.05) is 0 Å². The molecule has 1 nitrogen and oxygen atoms in total. The van der Waals surface area contributed by atoms with Crippen LogP contribution in [-0.4, -0.2) is 19.3 Å². The van der Waals surface area contributed by atoms with Gasteiger partial charge in [0.15, 0.2) is 0 Å². The molecular weight excluding hydrogens is 201 g/mol. The van der Waals surface area contributed by atoms with Crippen molar-refractivity contribution in [2.45, 2.75) is 39.3 Å². The monoisotopic (exact) mass is 221 g/mol. The first-order valence-corrected chi connectivity index (χ1v) is 6.07. The van der Waals surface area contributed by atoms with Crippen LogP contribution < -0.4 is 4.90 Å². The van der Waals surface area contributed by atoms with E-state index in [4.69, 9.17) is 0 Å². The molecular formula is C14H20FN. The van der Waals surface area contributed by atoms with Crippen LogP contribution >= 0.6 is 0 Å². The van der Waals surface area contributed by atoms with Crippen molar-refractivity contribution in [3.63, 3.8) is 0 Å². The molecule has 0 amide bonds. The average molecular weight is 221 g/mol. The van der Waals surface area contributed by atoms with Gasteiger partial charge in [0, 0.05) is 18.8 Å². The van der Waals surface area contributed by atoms with Crippen molar-refractivity contribution in [2.75, 3.05) is 18.0 Å². The van der Waals surface area contributed by atoms with E-state index in [0.29, 0.717) is 18.9 Å². The van der Waals surface area contributed by atoms with Crippen LogP contribution in [0.1, 0.15) is 37.3 Å². The molecule has 88 valence electrons. The molecule has 1 heterocycles. The summed E-state index contributed by atoms with van der Waals surface area (Å²) in [6.07, 6.45) is 0.0211. The largest absolute Gasteiger partial charge is 0.368 e. The molecule has 2 heteroatoms. The maximum Gasteiger partial charge on any atom is 0.119 e. The molecule has 2 rings (SSSR count). The molecule has 0 N–H and O–H groups in total. The Morgan fingerprint density at radius 1 is 1.38 bits per heavy atom. The molecule has 1 aromatic carbocycles. The van der Waals surface area contributed by atoms with Crippen LogP contribution in [0, 0.1) is 6.92 Å². The summed E-state index contributed by atoms with van der Waals surface area (Å²) in [5.74, 6) is 0.531. The van der Waals surface area contributed by atoms with Crippen molar-refractivity contribution in [2.24, 2.45) is 0 Å². The van der Waals surface area contributed by atoms with Gasteiger partial charge in [-0.05, 0) is 36.5 Å². The van der Waals surface area contributed by atoms with Gasteiger partial charge < -0.3 is 4.90 Å². The molecule has 1 aromatic rings. The Kier molecular flexibility index (Phi) is 3.17. The van der Waals surface area contributed by atoms with Crippen LogP contribution in [0.25, 0.3) is 0 Å². The first kappa shape index (κ1) is 11.4. The number of aryl methyl sites for hydroxylation is 1. The Bertz CT molecular complexity index is 373. The summed E-state index contributed by atoms with van der Waals surface area (Å²) >= 11 is 0. The minimum absolute atomic E-state index is 0.531. The Balaban J connectivity index is 2.28. The second-order valence-corrected chi connectivity index (χ2v) is 5.03. The van der Waals surface area contributed by atoms with Gasteiger partial charge in [0.2, 0.25) is 0 Å². The van der Waals surface area contributed by atoms with Crippen LogP contribution in [0.15, 0.2) is 18.2 Å². The first-order chi connectivity index (χ1) is 7.58. The highest BCUT2D eigenvalue weighted by Gasteiger charge is 2.23. The third-order valence-electron chi connectivity index (χ3n) is 3.37. The zero-order valence-electron chi connectivity index (χ0n) is 10.3. The Morgan fingerprint density at radius 3 is 2.69 bits per heavy atom. The standard InChI is InChI=1S/C14H20FN/c1-10(2)12-5-4-11(3)14(8-12)16-7-6-13(15)9-16/h4-5,8,10,13H,6-7,9H2,1-3H3. The molecule has 0 radical (unpaired) electrons. The van der Waals surface area contributed by atoms with Crippen molar-refractivity contribution in [1.82, 2.24) is 0 Å². The van der Waals surface area contributed by atoms with Gasteiger partial charge in [-0.1, -0.05) is 26.0 Å². The summed E-state index contributed by atoms with van der Waals surface area (Å²) < 4.78 is 13.2. The zero-order chi connectivity index (χ0) is 11.7. The van der Waals surface area contributed by atoms with E-state index in [2.05, 4.69) is 43.9 Å². The van der Waals surface area contributed by atoms with Crippen molar-refractivity contribution in [3.8, 4) is 0 Å². The number of halogens is 1. The zero-order valence-corrected chi connectivity index (χ0v) is 10.3. The Hall–Kier alpha value is -1.05. The van der Waals surface area contributed by atoms with Crippen molar-refractivity contribution in [1.29, 1.82) is 0 Å². The lowest BCUT2D eigenvalue weighted by Gasteiger charge is -2.21. The summed E-state index contributed by atoms with van der Waals surface area (Å²) in [6, 6.07) is 6.54. The number of benzene rings is 1. The normalized spacial score (nSPS) is 20.8. The van der Waals surface area contributed by atoms with E-state index in [1.54, 1.807) is 0 Å². The smallest absolute Gasteiger partial charge is 0.119 e. The fourth-order valence-electron chi connectivity index (χ4n) is 2.26. The Labute approximate surface area is 97.3 Å². The van der Waals surface area contributed by atoms with Gasteiger partial charge in [0.25, 0.3) is 0 Å². The van der Waals surface area contributed by atoms with Crippen LogP contribution in [-0.2, 0) is 0 Å². The number of alkyl halides is 1. The van der Waals surface area contributed by atoms with Gasteiger partial charge in [-0.3, -0.25) is 0 Å². The second-order valence-electron chi connectivity index (χ2n) is 5.03. The van der Waals surface area contributed by atoms with Crippen LogP contribution in [0.4, 0.5) is 10.1 Å². The third kappa shape index (κ3) is 2.21. The number of hydrogen-bond donors (Lipinski definition) is 0. The predicted molar refractivity (Wildman–Crippen MR) is 67.0 cm³/mol. The van der Waals surface area contributed by atoms with E-state index in [0.717, 1.165) is 6.54 Å². The van der Waals surface area contributed by atoms with E-state index >= 15 is 0 Å². The fourth-order valence-corrected chi connectivity index (χ4v) is 2.26. The highest BCUT2D eigenvalue weighted by molar-refractivity contribution is 5.56. The lowest BCUT2D eigenvalue weighted by molar-refractivity contribution is 0.364. The first-order valence-electron chi connectivity index (χ1n) is 6.07. The quantitative estimate of drug-likeness (QED) is 0.736. The fraction of sp³-hybridized carbons (Fsp3) is 0.571. The van der Waals surface area contributed by atoms with Crippen LogP contribution in [0.2, 0.25) is 0 Å². The predicted octanol–water partition coefficient (Wildman–Crippen LogP) is 3.67. The number of nitrogens with zero attached hydrogens (tertiary/aromatic N) is 1.